The predicted molar refractivity (Wildman–Crippen MR) is 132 cm³/mol. The number of hydrogen-bond donors (Lipinski definition) is 0. The number of benzene rings is 2. The third-order valence-electron chi connectivity index (χ3n) is 6.21. The van der Waals surface area contributed by atoms with Crippen molar-refractivity contribution in [3.8, 4) is 5.75 Å². The predicted octanol–water partition coefficient (Wildman–Crippen LogP) is 1.68. The normalized spacial score (nSPS) is 17.9. The van der Waals surface area contributed by atoms with Gasteiger partial charge in [-0.3, -0.25) is 19.0 Å². The Bertz CT molecular complexity index is 1660. The van der Waals surface area contributed by atoms with Gasteiger partial charge in [-0.2, -0.15) is 0 Å². The van der Waals surface area contributed by atoms with Gasteiger partial charge < -0.3 is 9.47 Å². The summed E-state index contributed by atoms with van der Waals surface area (Å²) in [6.45, 7) is 2.98. The lowest BCUT2D eigenvalue weighted by Gasteiger charge is -2.24. The molecule has 1 aromatic heterocycles. The number of carbonyl (C=O) groups excluding carboxylic acids is 3. The molecule has 2 aromatic carbocycles. The van der Waals surface area contributed by atoms with Crippen molar-refractivity contribution in [3.05, 3.63) is 90.6 Å². The molecule has 2 aliphatic rings. The number of anilines is 1. The van der Waals surface area contributed by atoms with Gasteiger partial charge in [-0.05, 0) is 30.7 Å². The van der Waals surface area contributed by atoms with E-state index in [0.717, 1.165) is 16.2 Å². The molecule has 3 heterocycles. The molecule has 2 amide bonds. The summed E-state index contributed by atoms with van der Waals surface area (Å²) in [5.74, 6) is -1.01. The Morgan fingerprint density at radius 2 is 1.72 bits per heavy atom. The van der Waals surface area contributed by atoms with Crippen molar-refractivity contribution >= 4 is 40.4 Å². The van der Waals surface area contributed by atoms with Gasteiger partial charge in [-0.25, -0.2) is 14.7 Å². The molecule has 0 bridgehead atoms. The van der Waals surface area contributed by atoms with Crippen molar-refractivity contribution < 1.29 is 23.9 Å². The summed E-state index contributed by atoms with van der Waals surface area (Å²) in [5.41, 5.74) is 1.84. The molecule has 3 aromatic rings. The second-order valence-electron chi connectivity index (χ2n) is 8.22. The summed E-state index contributed by atoms with van der Waals surface area (Å²) in [5, 5.41) is 0. The Balaban J connectivity index is 1.83. The highest BCUT2D eigenvalue weighted by Crippen LogP contribution is 2.36. The second kappa shape index (κ2) is 8.72. The van der Waals surface area contributed by atoms with Crippen LogP contribution in [0.25, 0.3) is 5.57 Å². The van der Waals surface area contributed by atoms with Crippen molar-refractivity contribution in [2.45, 2.75) is 19.9 Å². The molecule has 10 heteroatoms. The number of nitrogens with zero attached hydrogens (tertiary/aromatic N) is 3. The van der Waals surface area contributed by atoms with E-state index in [-0.39, 0.29) is 15.7 Å². The fourth-order valence-corrected chi connectivity index (χ4v) is 5.73. The monoisotopic (exact) mass is 503 g/mol. The SMILES string of the molecule is COC(=O)C1=C(C)N=c2sc(=C3C(=O)N(C(C)=O)c4ccccc43)c(=O)n2[C@@H]1c1ccc(OC)cc1. The Labute approximate surface area is 209 Å². The lowest BCUT2D eigenvalue weighted by molar-refractivity contribution is -0.136. The lowest BCUT2D eigenvalue weighted by atomic mass is 9.96. The Morgan fingerprint density at radius 3 is 2.36 bits per heavy atom. The van der Waals surface area contributed by atoms with Crippen LogP contribution in [0, 0.1) is 0 Å². The van der Waals surface area contributed by atoms with Gasteiger partial charge in [-0.15, -0.1) is 0 Å². The average Bonchev–Trinajstić information content (AvgIpc) is 3.35. The Morgan fingerprint density at radius 1 is 1.03 bits per heavy atom. The fraction of sp³-hybridized carbons (Fsp3) is 0.192. The van der Waals surface area contributed by atoms with Crippen LogP contribution in [0.4, 0.5) is 5.69 Å². The number of imide groups is 1. The van der Waals surface area contributed by atoms with Gasteiger partial charge in [0.15, 0.2) is 4.80 Å². The molecule has 0 saturated carbocycles. The fourth-order valence-electron chi connectivity index (χ4n) is 4.59. The van der Waals surface area contributed by atoms with E-state index in [2.05, 4.69) is 4.99 Å². The van der Waals surface area contributed by atoms with E-state index in [1.54, 1.807) is 62.6 Å². The highest BCUT2D eigenvalue weighted by atomic mass is 32.1. The van der Waals surface area contributed by atoms with Gasteiger partial charge in [0, 0.05) is 12.5 Å². The van der Waals surface area contributed by atoms with Gasteiger partial charge in [0.05, 0.1) is 42.8 Å². The number of hydrogen-bond acceptors (Lipinski definition) is 8. The van der Waals surface area contributed by atoms with Crippen molar-refractivity contribution in [2.24, 2.45) is 4.99 Å². The average molecular weight is 504 g/mol. The van der Waals surface area contributed by atoms with Crippen LogP contribution < -0.4 is 24.5 Å². The Kier molecular flexibility index (Phi) is 5.68. The molecule has 0 radical (unpaired) electrons. The summed E-state index contributed by atoms with van der Waals surface area (Å²) in [6.07, 6.45) is 0. The molecule has 0 fully saturated rings. The third kappa shape index (κ3) is 3.41. The number of aromatic nitrogens is 1. The number of rotatable bonds is 3. The second-order valence-corrected chi connectivity index (χ2v) is 9.20. The van der Waals surface area contributed by atoms with E-state index in [0.29, 0.717) is 33.1 Å². The van der Waals surface area contributed by atoms with Gasteiger partial charge in [0.2, 0.25) is 5.91 Å². The van der Waals surface area contributed by atoms with Gasteiger partial charge >= 0.3 is 5.97 Å². The zero-order valence-corrected chi connectivity index (χ0v) is 20.7. The first-order valence-corrected chi connectivity index (χ1v) is 11.8. The van der Waals surface area contributed by atoms with Crippen molar-refractivity contribution in [3.63, 3.8) is 0 Å². The molecule has 9 nitrogen and oxygen atoms in total. The minimum Gasteiger partial charge on any atom is -0.497 e. The minimum absolute atomic E-state index is 0.138. The van der Waals surface area contributed by atoms with Crippen LogP contribution in [0.5, 0.6) is 5.75 Å². The van der Waals surface area contributed by atoms with Gasteiger partial charge in [0.1, 0.15) is 10.3 Å². The summed E-state index contributed by atoms with van der Waals surface area (Å²) >= 11 is 1.05. The Hall–Kier alpha value is -4.31. The van der Waals surface area contributed by atoms with Crippen LogP contribution >= 0.6 is 11.3 Å². The maximum atomic E-state index is 13.9. The number of esters is 1. The zero-order chi connectivity index (χ0) is 25.7. The van der Waals surface area contributed by atoms with Crippen LogP contribution in [-0.4, -0.2) is 36.6 Å². The molecule has 1 atom stereocenters. The van der Waals surface area contributed by atoms with E-state index in [1.165, 1.54) is 18.6 Å². The summed E-state index contributed by atoms with van der Waals surface area (Å²) in [6, 6.07) is 13.0. The molecule has 182 valence electrons. The summed E-state index contributed by atoms with van der Waals surface area (Å²) in [4.78, 5) is 58.3. The van der Waals surface area contributed by atoms with E-state index in [9.17, 15) is 19.2 Å². The number of para-hydroxylation sites is 1. The standard InChI is InChI=1S/C26H21N3O6S/c1-13-19(25(33)35-4)21(15-9-11-16(34-3)12-10-15)29-24(32)22(36-26(29)27-13)20-17-7-5-6-8-18(17)28(14(2)30)23(20)31/h5-12,21H,1-4H3/t21-/m1/s1. The van der Waals surface area contributed by atoms with Crippen LogP contribution in [0.3, 0.4) is 0 Å². The molecular weight excluding hydrogens is 482 g/mol. The molecule has 0 spiro atoms. The molecule has 5 rings (SSSR count). The van der Waals surface area contributed by atoms with Gasteiger partial charge in [0.25, 0.3) is 11.5 Å². The maximum absolute atomic E-state index is 13.9. The number of fused-ring (bicyclic) bond motifs is 2. The van der Waals surface area contributed by atoms with Crippen molar-refractivity contribution in [1.82, 2.24) is 4.57 Å². The summed E-state index contributed by atoms with van der Waals surface area (Å²) < 4.78 is 11.8. The smallest absolute Gasteiger partial charge is 0.338 e. The number of methoxy groups -OCH3 is 2. The largest absolute Gasteiger partial charge is 0.497 e. The van der Waals surface area contributed by atoms with E-state index in [4.69, 9.17) is 9.47 Å². The number of ether oxygens (including phenoxy) is 2. The molecule has 0 saturated heterocycles. The molecule has 0 N–H and O–H groups in total. The highest BCUT2D eigenvalue weighted by Gasteiger charge is 2.38. The number of thiazole rings is 1. The lowest BCUT2D eigenvalue weighted by Crippen LogP contribution is -2.41. The molecule has 0 unspecified atom stereocenters. The number of allylic oxidation sites excluding steroid dienone is 1. The maximum Gasteiger partial charge on any atom is 0.338 e. The van der Waals surface area contributed by atoms with Crippen LogP contribution in [0.15, 0.2) is 69.6 Å². The van der Waals surface area contributed by atoms with E-state index < -0.39 is 29.4 Å². The van der Waals surface area contributed by atoms with E-state index in [1.807, 2.05) is 0 Å². The first-order valence-electron chi connectivity index (χ1n) is 11.0. The summed E-state index contributed by atoms with van der Waals surface area (Å²) in [7, 11) is 2.82. The van der Waals surface area contributed by atoms with E-state index >= 15 is 0 Å². The van der Waals surface area contributed by atoms with Crippen molar-refractivity contribution in [1.29, 1.82) is 0 Å². The van der Waals surface area contributed by atoms with Crippen LogP contribution in [0.1, 0.15) is 31.0 Å². The quantitative estimate of drug-likeness (QED) is 0.504. The van der Waals surface area contributed by atoms with Gasteiger partial charge in [-0.1, -0.05) is 41.7 Å². The topological polar surface area (TPSA) is 107 Å². The molecular formula is C26H21N3O6S. The molecule has 36 heavy (non-hydrogen) atoms. The third-order valence-corrected chi connectivity index (χ3v) is 7.26. The van der Waals surface area contributed by atoms with Crippen molar-refractivity contribution in [2.75, 3.05) is 19.1 Å². The first kappa shape index (κ1) is 23.4. The van der Waals surface area contributed by atoms with Crippen LogP contribution in [0.2, 0.25) is 0 Å². The highest BCUT2D eigenvalue weighted by molar-refractivity contribution is 7.07. The number of carbonyl (C=O) groups is 3. The molecule has 2 aliphatic heterocycles. The van der Waals surface area contributed by atoms with Crippen LogP contribution in [-0.2, 0) is 19.1 Å². The number of amides is 2. The zero-order valence-electron chi connectivity index (χ0n) is 19.9. The first-order chi connectivity index (χ1) is 17.3. The molecule has 0 aliphatic carbocycles. The minimum atomic E-state index is -0.829.